The lowest BCUT2D eigenvalue weighted by atomic mass is 9.74. The van der Waals surface area contributed by atoms with Gasteiger partial charge in [0.1, 0.15) is 5.60 Å². The molecular weight excluding hydrogens is 318 g/mol. The van der Waals surface area contributed by atoms with Crippen molar-refractivity contribution in [2.75, 3.05) is 4.90 Å². The third kappa shape index (κ3) is 2.12. The van der Waals surface area contributed by atoms with E-state index >= 15 is 0 Å². The first kappa shape index (κ1) is 16.1. The molecule has 3 aliphatic rings. The Morgan fingerprint density at radius 1 is 1.36 bits per heavy atom. The average molecular weight is 338 g/mol. The summed E-state index contributed by atoms with van der Waals surface area (Å²) in [6, 6.07) is 7.35. The van der Waals surface area contributed by atoms with Crippen molar-refractivity contribution in [3.63, 3.8) is 0 Å². The third-order valence-corrected chi connectivity index (χ3v) is 5.55. The van der Waals surface area contributed by atoms with Crippen molar-refractivity contribution < 1.29 is 19.4 Å². The molecule has 3 aliphatic heterocycles. The first-order chi connectivity index (χ1) is 11.8. The van der Waals surface area contributed by atoms with Crippen LogP contribution in [-0.2, 0) is 14.3 Å². The van der Waals surface area contributed by atoms with Crippen molar-refractivity contribution in [3.8, 4) is 0 Å². The van der Waals surface area contributed by atoms with E-state index < -0.39 is 29.5 Å². The quantitative estimate of drug-likeness (QED) is 0.778. The lowest BCUT2D eigenvalue weighted by Gasteiger charge is -2.33. The number of hydrogen-bond donors (Lipinski definition) is 0. The van der Waals surface area contributed by atoms with Gasteiger partial charge in [0.25, 0.3) is 0 Å². The molecule has 0 N–H and O–H groups in total. The molecule has 5 atom stereocenters. The zero-order chi connectivity index (χ0) is 17.9. The fraction of sp³-hybridized carbons (Fsp3) is 0.400. The Balaban J connectivity index is 1.84. The maximum absolute atomic E-state index is 13.3. The molecule has 0 radical (unpaired) electrons. The maximum Gasteiger partial charge on any atom is 0.234 e. The van der Waals surface area contributed by atoms with E-state index in [0.29, 0.717) is 6.42 Å². The Labute approximate surface area is 146 Å². The summed E-state index contributed by atoms with van der Waals surface area (Å²) in [5.74, 6) is -3.13. The molecule has 2 saturated heterocycles. The van der Waals surface area contributed by atoms with Crippen LogP contribution in [0.15, 0.2) is 48.6 Å². The zero-order valence-electron chi connectivity index (χ0n) is 14.3. The van der Waals surface area contributed by atoms with Gasteiger partial charge in [-0.2, -0.15) is 0 Å². The van der Waals surface area contributed by atoms with Crippen LogP contribution in [0, 0.1) is 18.8 Å². The fourth-order valence-corrected chi connectivity index (χ4v) is 4.51. The van der Waals surface area contributed by atoms with E-state index in [9.17, 15) is 14.7 Å². The molecule has 2 bridgehead atoms. The van der Waals surface area contributed by atoms with E-state index in [-0.39, 0.29) is 11.9 Å². The molecule has 1 spiro atoms. The Morgan fingerprint density at radius 2 is 2.04 bits per heavy atom. The van der Waals surface area contributed by atoms with E-state index in [4.69, 9.17) is 4.74 Å². The van der Waals surface area contributed by atoms with Gasteiger partial charge in [-0.25, -0.2) is 0 Å². The highest BCUT2D eigenvalue weighted by atomic mass is 16.5. The summed E-state index contributed by atoms with van der Waals surface area (Å²) in [5.41, 5.74) is 1.84. The number of rotatable bonds is 4. The minimum absolute atomic E-state index is 0.212. The number of carbonyl (C=O) groups excluding carboxylic acids is 2. The minimum Gasteiger partial charge on any atom is -0.550 e. The van der Waals surface area contributed by atoms with Crippen molar-refractivity contribution in [1.29, 1.82) is 0 Å². The number of carboxylic acid groups (broad SMARTS) is 1. The summed E-state index contributed by atoms with van der Waals surface area (Å²) >= 11 is 0. The lowest BCUT2D eigenvalue weighted by molar-refractivity contribution is -0.313. The number of nitrogens with zero attached hydrogens (tertiary/aromatic N) is 1. The standard InChI is InChI=1S/C20H21NO4/c1-11(2)10-15-20-9-8-14(25-20)16(19(23)24)17(20)18(22)21(15)13-6-4-12(3)5-7-13/h4-9,14-17H,1,10H2,2-3H3,(H,23,24)/p-1/t14-,15+,16-,17-,20+/m0/s1. The third-order valence-electron chi connectivity index (χ3n) is 5.55. The summed E-state index contributed by atoms with van der Waals surface area (Å²) in [7, 11) is 0. The van der Waals surface area contributed by atoms with E-state index in [0.717, 1.165) is 16.8 Å². The molecule has 5 nitrogen and oxygen atoms in total. The molecule has 25 heavy (non-hydrogen) atoms. The van der Waals surface area contributed by atoms with Crippen molar-refractivity contribution in [2.24, 2.45) is 11.8 Å². The number of fused-ring (bicyclic) bond motifs is 1. The monoisotopic (exact) mass is 338 g/mol. The Kier molecular flexibility index (Phi) is 3.41. The van der Waals surface area contributed by atoms with Crippen molar-refractivity contribution in [1.82, 2.24) is 0 Å². The number of aryl methyl sites for hydroxylation is 1. The van der Waals surface area contributed by atoms with Gasteiger partial charge in [-0.15, -0.1) is 6.58 Å². The molecule has 5 heteroatoms. The molecule has 3 heterocycles. The van der Waals surface area contributed by atoms with Crippen molar-refractivity contribution in [3.05, 3.63) is 54.1 Å². The molecule has 1 amide bonds. The van der Waals surface area contributed by atoms with Crippen LogP contribution in [0.5, 0.6) is 0 Å². The number of carbonyl (C=O) groups is 2. The van der Waals surface area contributed by atoms with Gasteiger partial charge in [0.2, 0.25) is 5.91 Å². The normalized spacial score (nSPS) is 35.3. The number of benzene rings is 1. The van der Waals surface area contributed by atoms with E-state index in [1.54, 1.807) is 11.0 Å². The summed E-state index contributed by atoms with van der Waals surface area (Å²) in [6.45, 7) is 7.87. The summed E-state index contributed by atoms with van der Waals surface area (Å²) < 4.78 is 6.08. The molecule has 4 rings (SSSR count). The van der Waals surface area contributed by atoms with Crippen LogP contribution in [0.1, 0.15) is 18.9 Å². The van der Waals surface area contributed by atoms with Crippen molar-refractivity contribution >= 4 is 17.6 Å². The minimum atomic E-state index is -1.23. The van der Waals surface area contributed by atoms with Gasteiger partial charge < -0.3 is 19.5 Å². The first-order valence-corrected chi connectivity index (χ1v) is 8.47. The Bertz CT molecular complexity index is 796. The van der Waals surface area contributed by atoms with Crippen LogP contribution in [0.4, 0.5) is 5.69 Å². The second kappa shape index (κ2) is 5.30. The van der Waals surface area contributed by atoms with E-state index in [1.165, 1.54) is 0 Å². The smallest absolute Gasteiger partial charge is 0.234 e. The van der Waals surface area contributed by atoms with Crippen LogP contribution in [0.25, 0.3) is 0 Å². The number of hydrogen-bond acceptors (Lipinski definition) is 4. The second-order valence-corrected chi connectivity index (χ2v) is 7.34. The van der Waals surface area contributed by atoms with Crippen LogP contribution >= 0.6 is 0 Å². The zero-order valence-corrected chi connectivity index (χ0v) is 14.3. The average Bonchev–Trinajstić information content (AvgIpc) is 3.18. The second-order valence-electron chi connectivity index (χ2n) is 7.34. The van der Waals surface area contributed by atoms with Gasteiger partial charge in [0.05, 0.1) is 18.1 Å². The molecule has 130 valence electrons. The number of carboxylic acids is 1. The van der Waals surface area contributed by atoms with E-state index in [2.05, 4.69) is 6.58 Å². The van der Waals surface area contributed by atoms with Crippen LogP contribution < -0.4 is 10.0 Å². The van der Waals surface area contributed by atoms with Gasteiger partial charge >= 0.3 is 0 Å². The van der Waals surface area contributed by atoms with E-state index in [1.807, 2.05) is 44.2 Å². The first-order valence-electron chi connectivity index (χ1n) is 8.47. The topological polar surface area (TPSA) is 69.7 Å². The number of anilines is 1. The maximum atomic E-state index is 13.3. The highest BCUT2D eigenvalue weighted by Gasteiger charge is 2.69. The summed E-state index contributed by atoms with van der Waals surface area (Å²) in [6.07, 6.45) is 3.59. The number of ether oxygens (including phenoxy) is 1. The van der Waals surface area contributed by atoms with Gasteiger partial charge in [-0.3, -0.25) is 4.79 Å². The molecule has 0 aliphatic carbocycles. The Morgan fingerprint density at radius 3 is 2.64 bits per heavy atom. The predicted molar refractivity (Wildman–Crippen MR) is 90.6 cm³/mol. The highest BCUT2D eigenvalue weighted by Crippen LogP contribution is 2.56. The molecule has 2 fully saturated rings. The van der Waals surface area contributed by atoms with Gasteiger partial charge in [0.15, 0.2) is 0 Å². The molecule has 1 aromatic carbocycles. The number of aliphatic carboxylic acids is 1. The fourth-order valence-electron chi connectivity index (χ4n) is 4.51. The van der Waals surface area contributed by atoms with Crippen LogP contribution in [0.2, 0.25) is 0 Å². The van der Waals surface area contributed by atoms with Gasteiger partial charge in [-0.1, -0.05) is 35.4 Å². The van der Waals surface area contributed by atoms with Crippen LogP contribution in [-0.4, -0.2) is 29.6 Å². The summed E-state index contributed by atoms with van der Waals surface area (Å²) in [4.78, 5) is 26.6. The van der Waals surface area contributed by atoms with Crippen molar-refractivity contribution in [2.45, 2.75) is 38.0 Å². The highest BCUT2D eigenvalue weighted by molar-refractivity contribution is 6.03. The van der Waals surface area contributed by atoms with Gasteiger partial charge in [0, 0.05) is 17.6 Å². The predicted octanol–water partition coefficient (Wildman–Crippen LogP) is 1.37. The molecule has 1 aromatic rings. The molecule has 0 unspecified atom stereocenters. The molecule has 0 saturated carbocycles. The number of amides is 1. The van der Waals surface area contributed by atoms with Crippen LogP contribution in [0.3, 0.4) is 0 Å². The summed E-state index contributed by atoms with van der Waals surface area (Å²) in [5, 5.41) is 11.7. The Hall–Kier alpha value is -2.40. The SMILES string of the molecule is C=C(C)C[C@H]1N(c2ccc(C)cc2)C(=O)[C@@H]2[C@@H](C(=O)[O-])[C@@H]3C=C[C@]21O3. The lowest BCUT2D eigenvalue weighted by Crippen LogP contribution is -2.46. The molecule has 0 aromatic heterocycles. The largest absolute Gasteiger partial charge is 0.550 e. The van der Waals surface area contributed by atoms with Gasteiger partial charge in [-0.05, 0) is 32.4 Å². The molecular formula is C20H20NO4-.